The van der Waals surface area contributed by atoms with Crippen LogP contribution in [0, 0.1) is 40.5 Å². The molecule has 0 atom stereocenters. The van der Waals surface area contributed by atoms with Crippen molar-refractivity contribution in [3.63, 3.8) is 0 Å². The Labute approximate surface area is 86.2 Å². The fourth-order valence-corrected chi connectivity index (χ4v) is 0. The van der Waals surface area contributed by atoms with Crippen molar-refractivity contribution in [2.75, 3.05) is 0 Å². The maximum Gasteiger partial charge on any atom is 4.00 e. The molecule has 0 saturated heterocycles. The Morgan fingerprint density at radius 2 is 0.538 bits per heavy atom. The molecule has 0 bridgehead atoms. The van der Waals surface area contributed by atoms with Gasteiger partial charge in [-0.1, -0.05) is 0 Å². The van der Waals surface area contributed by atoms with Crippen LogP contribution in [0.5, 0.6) is 0 Å². The van der Waals surface area contributed by atoms with Gasteiger partial charge in [-0.25, -0.2) is 0 Å². The van der Waals surface area contributed by atoms with Crippen molar-refractivity contribution in [1.82, 2.24) is 0 Å². The van der Waals surface area contributed by atoms with Gasteiger partial charge in [0.2, 0.25) is 0 Å². The number of nitrogens with zero attached hydrogens (tertiary/aromatic N) is 4. The van der Waals surface area contributed by atoms with Crippen molar-refractivity contribution >= 4 is 23.9 Å². The second-order valence-electron chi connectivity index (χ2n) is 0.298. The third kappa shape index (κ3) is 286. The molecule has 0 fully saturated rings. The molecule has 12 nitrogen and oxygen atoms in total. The van der Waals surface area contributed by atoms with E-state index in [0.717, 1.165) is 21.4 Å². The van der Waals surface area contributed by atoms with Gasteiger partial charge in [-0.3, -0.25) is 0 Å². The maximum absolute atomic E-state index is 8.00. The van der Waals surface area contributed by atoms with Crippen LogP contribution in [0.3, 0.4) is 0 Å². The number of rotatable bonds is 0. The summed E-state index contributed by atoms with van der Waals surface area (Å²) in [7, 11) is 0. The van der Waals surface area contributed by atoms with Crippen LogP contribution in [0.25, 0.3) is 0 Å². The molecule has 0 rings (SSSR count). The van der Waals surface area contributed by atoms with Gasteiger partial charge in [0.15, 0.2) is 0 Å². The predicted octanol–water partition coefficient (Wildman–Crippen LogP) is 0.622. The van der Waals surface area contributed by atoms with Gasteiger partial charge in [0, 0.05) is 0 Å². The summed E-state index contributed by atoms with van der Waals surface area (Å²) in [5.41, 5.74) is 0. The Balaban J connectivity index is -0.0000000213. The summed E-state index contributed by atoms with van der Waals surface area (Å²) >= 11 is 0. The van der Waals surface area contributed by atoms with Crippen molar-refractivity contribution in [3.8, 4) is 0 Å². The summed E-state index contributed by atoms with van der Waals surface area (Å²) in [4.78, 5) is 32.0. The monoisotopic (exact) mass is 304 g/mol. The molecule has 0 radical (unpaired) electrons. The van der Waals surface area contributed by atoms with Crippen molar-refractivity contribution in [1.29, 1.82) is 0 Å². The van der Waals surface area contributed by atoms with Gasteiger partial charge in [0.1, 0.15) is 0 Å². The summed E-state index contributed by atoms with van der Waals surface area (Å²) in [5.74, 6) is 0. The molecular formula is N4O8Sn. The molecule has 13 heavy (non-hydrogen) atoms. The van der Waals surface area contributed by atoms with Gasteiger partial charge in [-0.15, -0.1) is 21.4 Å². The Morgan fingerprint density at radius 3 is 0.538 bits per heavy atom. The van der Waals surface area contributed by atoms with Crippen LogP contribution in [0.1, 0.15) is 0 Å². The minimum absolute atomic E-state index is 0. The molecule has 0 amide bonds. The van der Waals surface area contributed by atoms with Crippen molar-refractivity contribution in [2.45, 2.75) is 0 Å². The molecular weight excluding hydrogens is 303 g/mol. The first-order valence-electron chi connectivity index (χ1n) is 1.46. The number of hydrogen-bond donors (Lipinski definition) is 0. The summed E-state index contributed by atoms with van der Waals surface area (Å²) in [6.45, 7) is 0. The molecule has 0 unspecified atom stereocenters. The van der Waals surface area contributed by atoms with Gasteiger partial charge in [0.05, 0.1) is 0 Å². The quantitative estimate of drug-likeness (QED) is 0.350. The largest absolute Gasteiger partial charge is 4.00 e. The molecule has 0 spiro atoms. The van der Waals surface area contributed by atoms with Crippen LogP contribution in [0.4, 0.5) is 0 Å². The third-order valence-electron chi connectivity index (χ3n) is 0. The van der Waals surface area contributed by atoms with Crippen molar-refractivity contribution in [2.24, 2.45) is 21.4 Å². The minimum atomic E-state index is 0. The SMILES string of the molecule is O=N[O-].O=N[O-].O=N[O-].O=N[O-].[Sn+4]. The van der Waals surface area contributed by atoms with Crippen molar-refractivity contribution < 1.29 is 0 Å². The van der Waals surface area contributed by atoms with Crippen LogP contribution >= 0.6 is 0 Å². The molecule has 0 aliphatic rings. The average Bonchev–Trinajstić information content (AvgIpc) is 1.92. The molecule has 13 heteroatoms. The van der Waals surface area contributed by atoms with E-state index in [9.17, 15) is 0 Å². The molecule has 0 N–H and O–H groups in total. The Morgan fingerprint density at radius 1 is 0.538 bits per heavy atom. The molecule has 0 saturated carbocycles. The fraction of sp³-hybridized carbons (Fsp3) is 0. The van der Waals surface area contributed by atoms with Crippen LogP contribution in [0.2, 0.25) is 0 Å². The first-order chi connectivity index (χ1) is 5.66. The molecule has 0 heterocycles. The first kappa shape index (κ1) is 30.1. The molecule has 72 valence electrons. The number of hydrogen-bond acceptors (Lipinski definition) is 12. The van der Waals surface area contributed by atoms with E-state index in [2.05, 4.69) is 0 Å². The van der Waals surface area contributed by atoms with E-state index in [1.54, 1.807) is 0 Å². The zero-order valence-corrected chi connectivity index (χ0v) is 8.41. The van der Waals surface area contributed by atoms with Gasteiger partial charge in [-0.05, 0) is 0 Å². The summed E-state index contributed by atoms with van der Waals surface area (Å²) in [6, 6.07) is 0. The first-order valence-corrected chi connectivity index (χ1v) is 1.46. The van der Waals surface area contributed by atoms with Crippen LogP contribution in [0.15, 0.2) is 21.4 Å². The van der Waals surface area contributed by atoms with E-state index in [4.69, 9.17) is 40.5 Å². The standard InChI is InChI=1S/4HNO2.Sn/c4*2-1-3;/h4*(H,2,3);/q;;;;+4/p-4. The topological polar surface area (TPSA) is 210 Å². The second-order valence-corrected chi connectivity index (χ2v) is 0.298. The van der Waals surface area contributed by atoms with E-state index >= 15 is 0 Å². The second kappa shape index (κ2) is 160. The Kier molecular flexibility index (Phi) is 370. The van der Waals surface area contributed by atoms with Crippen LogP contribution in [-0.4, -0.2) is 23.9 Å². The average molecular weight is 303 g/mol. The van der Waals surface area contributed by atoms with Crippen molar-refractivity contribution in [3.05, 3.63) is 40.5 Å². The molecule has 0 aromatic carbocycles. The summed E-state index contributed by atoms with van der Waals surface area (Å²) in [5, 5.41) is 36.0. The van der Waals surface area contributed by atoms with E-state index in [0.29, 0.717) is 0 Å². The molecule has 0 aliphatic carbocycles. The Hall–Kier alpha value is -1.60. The molecule has 0 aliphatic heterocycles. The van der Waals surface area contributed by atoms with Gasteiger partial charge in [0.25, 0.3) is 0 Å². The van der Waals surface area contributed by atoms with Crippen LogP contribution in [-0.2, 0) is 0 Å². The van der Waals surface area contributed by atoms with Gasteiger partial charge < -0.3 is 40.5 Å². The maximum atomic E-state index is 8.00. The van der Waals surface area contributed by atoms with E-state index < -0.39 is 0 Å². The summed E-state index contributed by atoms with van der Waals surface area (Å²) in [6.07, 6.45) is 0. The predicted molar refractivity (Wildman–Crippen MR) is 42.4 cm³/mol. The minimum Gasteiger partial charge on any atom is -0.444 e. The van der Waals surface area contributed by atoms with Gasteiger partial charge in [-0.2, -0.15) is 0 Å². The van der Waals surface area contributed by atoms with Crippen LogP contribution < -0.4 is 0 Å². The fourth-order valence-electron chi connectivity index (χ4n) is 0. The third-order valence-corrected chi connectivity index (χ3v) is 0. The van der Waals surface area contributed by atoms with Gasteiger partial charge >= 0.3 is 23.9 Å². The molecule has 0 aromatic rings. The van der Waals surface area contributed by atoms with E-state index in [-0.39, 0.29) is 23.9 Å². The zero-order chi connectivity index (χ0) is 10.8. The normalized spacial score (nSPS) is 3.69. The summed E-state index contributed by atoms with van der Waals surface area (Å²) < 4.78 is 0. The van der Waals surface area contributed by atoms with E-state index in [1.165, 1.54) is 0 Å². The zero-order valence-electron chi connectivity index (χ0n) is 5.55. The van der Waals surface area contributed by atoms with E-state index in [1.807, 2.05) is 0 Å². The Bertz CT molecular complexity index is 70.1. The smallest absolute Gasteiger partial charge is 0.444 e. The molecule has 0 aromatic heterocycles.